The van der Waals surface area contributed by atoms with Crippen LogP contribution in [0.25, 0.3) is 0 Å². The van der Waals surface area contributed by atoms with Gasteiger partial charge in [0.15, 0.2) is 5.79 Å². The Kier molecular flexibility index (Phi) is 2.73. The van der Waals surface area contributed by atoms with Gasteiger partial charge in [0.25, 0.3) is 0 Å². The van der Waals surface area contributed by atoms with E-state index in [0.717, 1.165) is 12.3 Å². The van der Waals surface area contributed by atoms with Gasteiger partial charge in [0.1, 0.15) is 12.2 Å². The van der Waals surface area contributed by atoms with E-state index in [4.69, 9.17) is 9.47 Å². The molecule has 0 aromatic heterocycles. The van der Waals surface area contributed by atoms with Crippen LogP contribution in [-0.2, 0) is 9.47 Å². The van der Waals surface area contributed by atoms with Crippen molar-refractivity contribution >= 4 is 0 Å². The van der Waals surface area contributed by atoms with Crippen LogP contribution >= 0.6 is 0 Å². The predicted octanol–water partition coefficient (Wildman–Crippen LogP) is 4.64. The minimum absolute atomic E-state index is 0.00273. The van der Waals surface area contributed by atoms with E-state index in [0.29, 0.717) is 5.92 Å². The summed E-state index contributed by atoms with van der Waals surface area (Å²) in [4.78, 5) is 0. The van der Waals surface area contributed by atoms with E-state index in [1.807, 2.05) is 0 Å². The van der Waals surface area contributed by atoms with Gasteiger partial charge in [-0.1, -0.05) is 60.7 Å². The molecule has 2 aliphatic carbocycles. The molecule has 3 fully saturated rings. The fourth-order valence-corrected chi connectivity index (χ4v) is 4.32. The number of hydrogen-bond acceptors (Lipinski definition) is 2. The number of rotatable bonds is 2. The molecular weight excluding hydrogens is 272 g/mol. The second-order valence-corrected chi connectivity index (χ2v) is 6.85. The van der Waals surface area contributed by atoms with Crippen LogP contribution in [0.4, 0.5) is 0 Å². The number of benzene rings is 2. The number of ether oxygens (including phenoxy) is 2. The second-order valence-electron chi connectivity index (χ2n) is 6.85. The highest BCUT2D eigenvalue weighted by Gasteiger charge is 2.65. The maximum Gasteiger partial charge on any atom is 0.173 e. The van der Waals surface area contributed by atoms with Gasteiger partial charge in [-0.05, 0) is 29.9 Å². The van der Waals surface area contributed by atoms with Crippen LogP contribution < -0.4 is 0 Å². The molecule has 2 heteroatoms. The van der Waals surface area contributed by atoms with Crippen LogP contribution in [0.1, 0.15) is 42.6 Å². The zero-order valence-electron chi connectivity index (χ0n) is 12.5. The van der Waals surface area contributed by atoms with Crippen LogP contribution in [0.2, 0.25) is 0 Å². The Balaban J connectivity index is 1.55. The summed E-state index contributed by atoms with van der Waals surface area (Å²) in [5.41, 5.74) is 2.44. The summed E-state index contributed by atoms with van der Waals surface area (Å²) < 4.78 is 13.2. The lowest BCUT2D eigenvalue weighted by molar-refractivity contribution is -0.186. The molecule has 4 atom stereocenters. The molecule has 2 nitrogen and oxygen atoms in total. The molecule has 22 heavy (non-hydrogen) atoms. The molecule has 5 rings (SSSR count). The lowest BCUT2D eigenvalue weighted by Gasteiger charge is -2.24. The van der Waals surface area contributed by atoms with Crippen LogP contribution in [-0.4, -0.2) is 5.79 Å². The summed E-state index contributed by atoms with van der Waals surface area (Å²) in [7, 11) is 0. The van der Waals surface area contributed by atoms with Gasteiger partial charge in [-0.3, -0.25) is 0 Å². The van der Waals surface area contributed by atoms with E-state index in [1.54, 1.807) is 0 Å². The highest BCUT2D eigenvalue weighted by molar-refractivity contribution is 5.27. The van der Waals surface area contributed by atoms with Crippen molar-refractivity contribution in [2.24, 2.45) is 11.8 Å². The standard InChI is InChI=1S/C20H20O2/c1-3-7-14(8-4-1)18-19(15-9-5-2-6-10-15)22-20(21-18)12-11-16-13-17(16)20/h1-10,16-19H,11-13H2/t16-,17+,18-,19-/m1/s1. The molecule has 112 valence electrons. The van der Waals surface area contributed by atoms with Gasteiger partial charge in [-0.2, -0.15) is 0 Å². The molecule has 1 spiro atoms. The average molecular weight is 292 g/mol. The van der Waals surface area contributed by atoms with Crippen molar-refractivity contribution < 1.29 is 9.47 Å². The topological polar surface area (TPSA) is 18.5 Å². The smallest absolute Gasteiger partial charge is 0.173 e. The predicted molar refractivity (Wildman–Crippen MR) is 84.1 cm³/mol. The van der Waals surface area contributed by atoms with Crippen molar-refractivity contribution in [1.82, 2.24) is 0 Å². The summed E-state index contributed by atoms with van der Waals surface area (Å²) >= 11 is 0. The number of hydrogen-bond donors (Lipinski definition) is 0. The lowest BCUT2D eigenvalue weighted by atomic mass is 9.99. The summed E-state index contributed by atoms with van der Waals surface area (Å²) in [6.07, 6.45) is 3.59. The molecule has 0 unspecified atom stereocenters. The highest BCUT2D eigenvalue weighted by atomic mass is 16.8. The molecule has 0 N–H and O–H groups in total. The second kappa shape index (κ2) is 4.68. The van der Waals surface area contributed by atoms with E-state index in [-0.39, 0.29) is 18.0 Å². The molecule has 2 aromatic rings. The lowest BCUT2D eigenvalue weighted by Crippen LogP contribution is -2.30. The van der Waals surface area contributed by atoms with Crippen molar-refractivity contribution in [3.05, 3.63) is 71.8 Å². The minimum Gasteiger partial charge on any atom is -0.339 e. The summed E-state index contributed by atoms with van der Waals surface area (Å²) in [5.74, 6) is 1.13. The third-order valence-corrected chi connectivity index (χ3v) is 5.54. The normalized spacial score (nSPS) is 34.7. The summed E-state index contributed by atoms with van der Waals surface area (Å²) in [6, 6.07) is 21.1. The van der Waals surface area contributed by atoms with Crippen LogP contribution in [0.15, 0.2) is 60.7 Å². The Morgan fingerprint density at radius 2 is 1.32 bits per heavy atom. The molecule has 0 amide bonds. The van der Waals surface area contributed by atoms with E-state index < -0.39 is 0 Å². The third kappa shape index (κ3) is 1.87. The van der Waals surface area contributed by atoms with Gasteiger partial charge < -0.3 is 9.47 Å². The fraction of sp³-hybridized carbons (Fsp3) is 0.400. The van der Waals surface area contributed by atoms with Gasteiger partial charge in [-0.15, -0.1) is 0 Å². The Hall–Kier alpha value is -1.64. The van der Waals surface area contributed by atoms with Crippen LogP contribution in [0, 0.1) is 11.8 Å². The average Bonchev–Trinajstić information content (AvgIpc) is 3.18. The van der Waals surface area contributed by atoms with Crippen molar-refractivity contribution in [3.8, 4) is 0 Å². The molecule has 1 saturated heterocycles. The van der Waals surface area contributed by atoms with Crippen LogP contribution in [0.5, 0.6) is 0 Å². The van der Waals surface area contributed by atoms with Gasteiger partial charge in [0.2, 0.25) is 0 Å². The van der Waals surface area contributed by atoms with E-state index in [2.05, 4.69) is 60.7 Å². The Morgan fingerprint density at radius 1 is 0.773 bits per heavy atom. The maximum absolute atomic E-state index is 6.59. The SMILES string of the molecule is c1ccc([C@H]2OC3(CC[C@@H]4C[C@@H]43)O[C@@H]2c2ccccc2)cc1. The Morgan fingerprint density at radius 3 is 1.73 bits per heavy atom. The molecule has 0 radical (unpaired) electrons. The fourth-order valence-electron chi connectivity index (χ4n) is 4.32. The molecular formula is C20H20O2. The van der Waals surface area contributed by atoms with Gasteiger partial charge >= 0.3 is 0 Å². The Bertz CT molecular complexity index is 619. The third-order valence-electron chi connectivity index (χ3n) is 5.54. The quantitative estimate of drug-likeness (QED) is 0.802. The van der Waals surface area contributed by atoms with Gasteiger partial charge in [-0.25, -0.2) is 0 Å². The highest BCUT2D eigenvalue weighted by Crippen LogP contribution is 2.65. The van der Waals surface area contributed by atoms with E-state index >= 15 is 0 Å². The first kappa shape index (κ1) is 12.9. The zero-order valence-corrected chi connectivity index (χ0v) is 12.5. The maximum atomic E-state index is 6.59. The first-order valence-electron chi connectivity index (χ1n) is 8.31. The zero-order chi connectivity index (χ0) is 14.6. The van der Waals surface area contributed by atoms with Gasteiger partial charge in [0.05, 0.1) is 0 Å². The first-order valence-corrected chi connectivity index (χ1v) is 8.31. The van der Waals surface area contributed by atoms with Crippen LogP contribution in [0.3, 0.4) is 0 Å². The molecule has 2 saturated carbocycles. The molecule has 2 aromatic carbocycles. The summed E-state index contributed by atoms with van der Waals surface area (Å²) in [6.45, 7) is 0. The molecule has 1 heterocycles. The van der Waals surface area contributed by atoms with E-state index in [9.17, 15) is 0 Å². The van der Waals surface area contributed by atoms with Crippen molar-refractivity contribution in [3.63, 3.8) is 0 Å². The molecule has 3 aliphatic rings. The first-order chi connectivity index (χ1) is 10.9. The Labute approximate surface area is 131 Å². The largest absolute Gasteiger partial charge is 0.339 e. The van der Waals surface area contributed by atoms with Gasteiger partial charge in [0, 0.05) is 12.3 Å². The van der Waals surface area contributed by atoms with Crippen molar-refractivity contribution in [2.45, 2.75) is 37.3 Å². The van der Waals surface area contributed by atoms with E-state index in [1.165, 1.54) is 24.0 Å². The van der Waals surface area contributed by atoms with Crippen molar-refractivity contribution in [1.29, 1.82) is 0 Å². The molecule has 1 aliphatic heterocycles. The number of fused-ring (bicyclic) bond motifs is 2. The molecule has 0 bridgehead atoms. The monoisotopic (exact) mass is 292 g/mol. The summed E-state index contributed by atoms with van der Waals surface area (Å²) in [5, 5.41) is 0. The minimum atomic E-state index is -0.328. The van der Waals surface area contributed by atoms with Crippen molar-refractivity contribution in [2.75, 3.05) is 0 Å².